The number of methoxy groups -OCH3 is 1. The van der Waals surface area contributed by atoms with Crippen LogP contribution in [-0.2, 0) is 15.7 Å². The Morgan fingerprint density at radius 2 is 1.62 bits per heavy atom. The molecule has 3 aromatic rings. The van der Waals surface area contributed by atoms with Gasteiger partial charge in [0.05, 0.1) is 12.7 Å². The molecule has 1 aromatic heterocycles. The molecule has 0 amide bonds. The van der Waals surface area contributed by atoms with E-state index in [1.807, 2.05) is 12.1 Å². The molecule has 1 aliphatic heterocycles. The van der Waals surface area contributed by atoms with Crippen molar-refractivity contribution in [1.29, 1.82) is 0 Å². The number of ether oxygens (including phenoxy) is 1. The monoisotopic (exact) mass is 538 g/mol. The van der Waals surface area contributed by atoms with Crippen molar-refractivity contribution >= 4 is 5.97 Å². The van der Waals surface area contributed by atoms with E-state index in [9.17, 15) is 18.0 Å². The molecule has 208 valence electrons. The van der Waals surface area contributed by atoms with Crippen LogP contribution >= 0.6 is 0 Å². The third-order valence-electron chi connectivity index (χ3n) is 7.79. The fraction of sp³-hybridized carbons (Fsp3) is 0.438. The minimum absolute atomic E-state index is 0.102. The Balaban J connectivity index is 1.67. The van der Waals surface area contributed by atoms with Crippen molar-refractivity contribution in [3.8, 4) is 11.1 Å². The van der Waals surface area contributed by atoms with Gasteiger partial charge in [-0.05, 0) is 90.6 Å². The van der Waals surface area contributed by atoms with Crippen molar-refractivity contribution in [3.63, 3.8) is 0 Å². The number of carbonyl (C=O) groups is 1. The highest BCUT2D eigenvalue weighted by atomic mass is 19.4. The molecule has 0 spiro atoms. The Bertz CT molecular complexity index is 1190. The maximum atomic E-state index is 13.3. The van der Waals surface area contributed by atoms with Gasteiger partial charge in [-0.2, -0.15) is 13.2 Å². The zero-order chi connectivity index (χ0) is 28.0. The van der Waals surface area contributed by atoms with E-state index in [1.165, 1.54) is 24.8 Å². The molecule has 0 unspecified atom stereocenters. The minimum atomic E-state index is -4.38. The Morgan fingerprint density at radius 1 is 0.974 bits per heavy atom. The summed E-state index contributed by atoms with van der Waals surface area (Å²) in [5, 5.41) is 0. The summed E-state index contributed by atoms with van der Waals surface area (Å²) < 4.78 is 44.8. The number of alkyl halides is 3. The number of likely N-dealkylation sites (tertiary alicyclic amines) is 1. The highest BCUT2D eigenvalue weighted by molar-refractivity contribution is 5.69. The molecule has 2 aromatic carbocycles. The van der Waals surface area contributed by atoms with Crippen LogP contribution in [0.1, 0.15) is 74.7 Å². The molecule has 4 rings (SSSR count). The van der Waals surface area contributed by atoms with Crippen LogP contribution in [0.5, 0.6) is 0 Å². The van der Waals surface area contributed by atoms with Crippen LogP contribution in [0, 0.1) is 11.8 Å². The fourth-order valence-electron chi connectivity index (χ4n) is 5.61. The molecule has 0 aliphatic carbocycles. The lowest BCUT2D eigenvalue weighted by Gasteiger charge is -2.44. The quantitative estimate of drug-likeness (QED) is 0.257. The smallest absolute Gasteiger partial charge is 0.416 e. The molecule has 7 heteroatoms. The molecule has 1 fully saturated rings. The SMILES string of the molecule is COC(=O)C[C@H]1CCN([C@@H](CCC(C)C)c2ccc(-c3ccncc3)cc2)[C@@H](c2ccc(C(F)(F)F)cc2)C1. The first-order valence-corrected chi connectivity index (χ1v) is 13.7. The average Bonchev–Trinajstić information content (AvgIpc) is 2.94. The first-order valence-electron chi connectivity index (χ1n) is 13.7. The van der Waals surface area contributed by atoms with Gasteiger partial charge in [-0.15, -0.1) is 0 Å². The number of rotatable bonds is 9. The van der Waals surface area contributed by atoms with Crippen molar-refractivity contribution in [3.05, 3.63) is 89.7 Å². The number of nitrogens with zero attached hydrogens (tertiary/aromatic N) is 2. The molecule has 39 heavy (non-hydrogen) atoms. The number of piperidine rings is 1. The first kappa shape index (κ1) is 28.8. The molecule has 3 atom stereocenters. The maximum absolute atomic E-state index is 13.3. The summed E-state index contributed by atoms with van der Waals surface area (Å²) in [6, 6.07) is 18.1. The predicted octanol–water partition coefficient (Wildman–Crippen LogP) is 8.26. The van der Waals surface area contributed by atoms with Gasteiger partial charge in [0.15, 0.2) is 0 Å². The molecule has 0 radical (unpaired) electrons. The normalized spacial score (nSPS) is 19.2. The van der Waals surface area contributed by atoms with E-state index >= 15 is 0 Å². The van der Waals surface area contributed by atoms with Crippen LogP contribution in [0.15, 0.2) is 73.1 Å². The van der Waals surface area contributed by atoms with Crippen LogP contribution in [0.4, 0.5) is 13.2 Å². The molecule has 2 heterocycles. The number of esters is 1. The summed E-state index contributed by atoms with van der Waals surface area (Å²) in [4.78, 5) is 18.6. The molecule has 1 saturated heterocycles. The van der Waals surface area contributed by atoms with Crippen LogP contribution in [0.2, 0.25) is 0 Å². The molecule has 1 aliphatic rings. The molecular weight excluding hydrogens is 501 g/mol. The summed E-state index contributed by atoms with van der Waals surface area (Å²) in [6.07, 6.45) is 2.98. The van der Waals surface area contributed by atoms with Gasteiger partial charge in [-0.1, -0.05) is 50.2 Å². The van der Waals surface area contributed by atoms with Crippen molar-refractivity contribution in [2.24, 2.45) is 11.8 Å². The largest absolute Gasteiger partial charge is 0.469 e. The lowest BCUT2D eigenvalue weighted by molar-refractivity contribution is -0.142. The van der Waals surface area contributed by atoms with E-state index in [0.717, 1.165) is 42.5 Å². The van der Waals surface area contributed by atoms with Gasteiger partial charge in [-0.25, -0.2) is 0 Å². The van der Waals surface area contributed by atoms with Gasteiger partial charge >= 0.3 is 12.1 Å². The zero-order valence-corrected chi connectivity index (χ0v) is 22.8. The minimum Gasteiger partial charge on any atom is -0.469 e. The van der Waals surface area contributed by atoms with E-state index in [4.69, 9.17) is 4.74 Å². The first-order chi connectivity index (χ1) is 18.7. The van der Waals surface area contributed by atoms with E-state index in [1.54, 1.807) is 24.5 Å². The van der Waals surface area contributed by atoms with Crippen molar-refractivity contribution in [2.45, 2.75) is 64.2 Å². The summed E-state index contributed by atoms with van der Waals surface area (Å²) >= 11 is 0. The van der Waals surface area contributed by atoms with Gasteiger partial charge in [0.25, 0.3) is 0 Å². The molecule has 0 N–H and O–H groups in total. The van der Waals surface area contributed by atoms with E-state index in [0.29, 0.717) is 18.8 Å². The van der Waals surface area contributed by atoms with Crippen LogP contribution in [-0.4, -0.2) is 29.5 Å². The molecule has 0 saturated carbocycles. The van der Waals surface area contributed by atoms with Gasteiger partial charge in [0, 0.05) is 30.9 Å². The average molecular weight is 539 g/mol. The summed E-state index contributed by atoms with van der Waals surface area (Å²) in [5.41, 5.74) is 3.60. The summed E-state index contributed by atoms with van der Waals surface area (Å²) in [6.45, 7) is 5.17. The number of hydrogen-bond acceptors (Lipinski definition) is 4. The fourth-order valence-corrected chi connectivity index (χ4v) is 5.61. The number of pyridine rings is 1. The lowest BCUT2D eigenvalue weighted by atomic mass is 9.82. The van der Waals surface area contributed by atoms with Crippen LogP contribution < -0.4 is 0 Å². The maximum Gasteiger partial charge on any atom is 0.416 e. The molecule has 0 bridgehead atoms. The number of halogens is 3. The van der Waals surface area contributed by atoms with Crippen molar-refractivity contribution in [1.82, 2.24) is 9.88 Å². The number of carbonyl (C=O) groups excluding carboxylic acids is 1. The molecule has 4 nitrogen and oxygen atoms in total. The predicted molar refractivity (Wildman–Crippen MR) is 147 cm³/mol. The number of hydrogen-bond donors (Lipinski definition) is 0. The Morgan fingerprint density at radius 3 is 2.21 bits per heavy atom. The van der Waals surface area contributed by atoms with E-state index in [2.05, 4.69) is 48.0 Å². The second-order valence-corrected chi connectivity index (χ2v) is 10.9. The standard InChI is InChI=1S/C32H37F3N2O2/c1-22(2)4-13-29(26-7-5-24(6-8-26)25-14-17-36-18-15-25)37-19-16-23(21-31(38)39-3)20-30(37)27-9-11-28(12-10-27)32(33,34)35/h5-12,14-15,17-18,22-23,29-30H,4,13,16,19-21H2,1-3H3/t23-,29-,30+/m0/s1. The highest BCUT2D eigenvalue weighted by Crippen LogP contribution is 2.43. The van der Waals surface area contributed by atoms with Crippen molar-refractivity contribution < 1.29 is 22.7 Å². The molecular formula is C32H37F3N2O2. The topological polar surface area (TPSA) is 42.4 Å². The zero-order valence-electron chi connectivity index (χ0n) is 22.8. The highest BCUT2D eigenvalue weighted by Gasteiger charge is 2.36. The van der Waals surface area contributed by atoms with Crippen molar-refractivity contribution in [2.75, 3.05) is 13.7 Å². The summed E-state index contributed by atoms with van der Waals surface area (Å²) in [5.74, 6) is 0.383. The van der Waals surface area contributed by atoms with Crippen LogP contribution in [0.25, 0.3) is 11.1 Å². The number of aromatic nitrogens is 1. The Labute approximate surface area is 229 Å². The Kier molecular flexibility index (Phi) is 9.44. The third kappa shape index (κ3) is 7.47. The van der Waals surface area contributed by atoms with Crippen LogP contribution in [0.3, 0.4) is 0 Å². The number of benzene rings is 2. The van der Waals surface area contributed by atoms with E-state index < -0.39 is 11.7 Å². The lowest BCUT2D eigenvalue weighted by Crippen LogP contribution is -2.40. The second kappa shape index (κ2) is 12.8. The Hall–Kier alpha value is -3.19. The van der Waals surface area contributed by atoms with Gasteiger partial charge in [0.1, 0.15) is 0 Å². The third-order valence-corrected chi connectivity index (χ3v) is 7.79. The van der Waals surface area contributed by atoms with E-state index in [-0.39, 0.29) is 24.0 Å². The van der Waals surface area contributed by atoms with Gasteiger partial charge in [-0.3, -0.25) is 14.7 Å². The van der Waals surface area contributed by atoms with Gasteiger partial charge in [0.2, 0.25) is 0 Å². The second-order valence-electron chi connectivity index (χ2n) is 10.9. The van der Waals surface area contributed by atoms with Gasteiger partial charge < -0.3 is 4.74 Å². The summed E-state index contributed by atoms with van der Waals surface area (Å²) in [7, 11) is 1.39.